The summed E-state index contributed by atoms with van der Waals surface area (Å²) in [5.41, 5.74) is 0. The van der Waals surface area contributed by atoms with Crippen molar-refractivity contribution in [3.8, 4) is 0 Å². The van der Waals surface area contributed by atoms with Crippen LogP contribution < -0.4 is 0 Å². The van der Waals surface area contributed by atoms with Crippen LogP contribution in [0.4, 0.5) is 8.78 Å². The maximum Gasteiger partial charge on any atom is 0.188 e. The van der Waals surface area contributed by atoms with Crippen LogP contribution in [0.3, 0.4) is 0 Å². The van der Waals surface area contributed by atoms with Gasteiger partial charge in [-0.25, -0.2) is 8.78 Å². The van der Waals surface area contributed by atoms with Gasteiger partial charge in [-0.3, -0.25) is 4.79 Å². The molecule has 0 heterocycles. The van der Waals surface area contributed by atoms with Gasteiger partial charge in [-0.05, 0) is 37.1 Å². The SMILES string of the molecule is CCCCCCCC(CC)C(=O)S.Fc1ccc(F)cc1. The van der Waals surface area contributed by atoms with Gasteiger partial charge in [-0.15, -0.1) is 12.6 Å². The van der Waals surface area contributed by atoms with Crippen molar-refractivity contribution >= 4 is 17.7 Å². The molecule has 0 N–H and O–H groups in total. The second-order valence-electron chi connectivity index (χ2n) is 5.08. The van der Waals surface area contributed by atoms with Crippen molar-refractivity contribution in [2.75, 3.05) is 0 Å². The number of unbranched alkanes of at least 4 members (excludes halogenated alkanes) is 4. The molecule has 120 valence electrons. The van der Waals surface area contributed by atoms with Crippen molar-refractivity contribution < 1.29 is 13.6 Å². The highest BCUT2D eigenvalue weighted by Crippen LogP contribution is 2.16. The fourth-order valence-electron chi connectivity index (χ4n) is 1.93. The predicted octanol–water partition coefficient (Wildman–Crippen LogP) is 5.79. The smallest absolute Gasteiger partial charge is 0.188 e. The van der Waals surface area contributed by atoms with Crippen LogP contribution in [0.15, 0.2) is 24.3 Å². The van der Waals surface area contributed by atoms with E-state index in [1.165, 1.54) is 32.1 Å². The van der Waals surface area contributed by atoms with Gasteiger partial charge >= 0.3 is 0 Å². The number of carbonyl (C=O) groups is 1. The third-order valence-electron chi connectivity index (χ3n) is 3.30. The van der Waals surface area contributed by atoms with E-state index >= 15 is 0 Å². The van der Waals surface area contributed by atoms with E-state index in [1.54, 1.807) is 0 Å². The quantitative estimate of drug-likeness (QED) is 0.474. The van der Waals surface area contributed by atoms with Crippen molar-refractivity contribution in [3.63, 3.8) is 0 Å². The molecule has 0 amide bonds. The molecule has 0 aromatic heterocycles. The van der Waals surface area contributed by atoms with Gasteiger partial charge < -0.3 is 0 Å². The first-order valence-corrected chi connectivity index (χ1v) is 8.09. The summed E-state index contributed by atoms with van der Waals surface area (Å²) in [6.07, 6.45) is 8.34. The summed E-state index contributed by atoms with van der Waals surface area (Å²) >= 11 is 3.88. The third kappa shape index (κ3) is 11.4. The van der Waals surface area contributed by atoms with E-state index in [9.17, 15) is 13.6 Å². The summed E-state index contributed by atoms with van der Waals surface area (Å²) in [6, 6.07) is 4.31. The second kappa shape index (κ2) is 12.8. The Balaban J connectivity index is 0.000000423. The number of rotatable bonds is 8. The van der Waals surface area contributed by atoms with E-state index in [2.05, 4.69) is 26.5 Å². The molecule has 0 spiro atoms. The molecular weight excluding hydrogens is 290 g/mol. The van der Waals surface area contributed by atoms with Crippen LogP contribution in [0.25, 0.3) is 0 Å². The van der Waals surface area contributed by atoms with E-state index in [0.717, 1.165) is 37.1 Å². The minimum absolute atomic E-state index is 0.0676. The first-order valence-electron chi connectivity index (χ1n) is 7.65. The molecule has 1 unspecified atom stereocenters. The zero-order chi connectivity index (χ0) is 16.1. The topological polar surface area (TPSA) is 17.1 Å². The molecule has 0 aliphatic heterocycles. The molecule has 0 aliphatic rings. The first-order chi connectivity index (χ1) is 10.0. The molecule has 0 fully saturated rings. The molecule has 1 aromatic carbocycles. The minimum atomic E-state index is -0.411. The van der Waals surface area contributed by atoms with Crippen LogP contribution in [-0.4, -0.2) is 5.12 Å². The number of benzene rings is 1. The molecular formula is C17H26F2OS. The zero-order valence-electron chi connectivity index (χ0n) is 12.9. The van der Waals surface area contributed by atoms with Crippen molar-refractivity contribution in [1.29, 1.82) is 0 Å². The van der Waals surface area contributed by atoms with Crippen LogP contribution in [0.5, 0.6) is 0 Å². The zero-order valence-corrected chi connectivity index (χ0v) is 13.8. The average Bonchev–Trinajstić information content (AvgIpc) is 2.46. The summed E-state index contributed by atoms with van der Waals surface area (Å²) in [6.45, 7) is 4.27. The molecule has 1 atom stereocenters. The lowest BCUT2D eigenvalue weighted by molar-refractivity contribution is -0.114. The van der Waals surface area contributed by atoms with Crippen molar-refractivity contribution in [3.05, 3.63) is 35.9 Å². The van der Waals surface area contributed by atoms with Gasteiger partial charge in [0.05, 0.1) is 0 Å². The highest BCUT2D eigenvalue weighted by atomic mass is 32.1. The highest BCUT2D eigenvalue weighted by Gasteiger charge is 2.11. The second-order valence-corrected chi connectivity index (χ2v) is 5.52. The number of hydrogen-bond acceptors (Lipinski definition) is 1. The number of carbonyl (C=O) groups excluding carboxylic acids is 1. The Morgan fingerprint density at radius 2 is 1.48 bits per heavy atom. The molecule has 0 saturated heterocycles. The Bertz CT molecular complexity index is 358. The van der Waals surface area contributed by atoms with E-state index in [1.807, 2.05) is 0 Å². The Morgan fingerprint density at radius 3 is 1.86 bits per heavy atom. The van der Waals surface area contributed by atoms with Crippen molar-refractivity contribution in [2.45, 2.75) is 58.8 Å². The molecule has 0 aliphatic carbocycles. The summed E-state index contributed by atoms with van der Waals surface area (Å²) in [7, 11) is 0. The maximum atomic E-state index is 11.9. The van der Waals surface area contributed by atoms with Gasteiger partial charge in [-0.1, -0.05) is 46.0 Å². The lowest BCUT2D eigenvalue weighted by Gasteiger charge is -2.09. The normalized spacial score (nSPS) is 11.5. The van der Waals surface area contributed by atoms with Crippen LogP contribution in [0.1, 0.15) is 58.8 Å². The van der Waals surface area contributed by atoms with Gasteiger partial charge in [0, 0.05) is 5.92 Å². The monoisotopic (exact) mass is 316 g/mol. The van der Waals surface area contributed by atoms with Gasteiger partial charge in [-0.2, -0.15) is 0 Å². The highest BCUT2D eigenvalue weighted by molar-refractivity contribution is 7.96. The standard InChI is InChI=1S/C11H22OS.C6H4F2/c1-3-5-6-7-8-9-10(4-2)11(12)13;7-5-1-2-6(8)4-3-5/h10H,3-9H2,1-2H3,(H,12,13);1-4H. The van der Waals surface area contributed by atoms with E-state index in [0.29, 0.717) is 0 Å². The van der Waals surface area contributed by atoms with Crippen LogP contribution >= 0.6 is 12.6 Å². The molecule has 21 heavy (non-hydrogen) atoms. The number of hydrogen-bond donors (Lipinski definition) is 1. The van der Waals surface area contributed by atoms with Crippen molar-refractivity contribution in [1.82, 2.24) is 0 Å². The molecule has 4 heteroatoms. The summed E-state index contributed by atoms with van der Waals surface area (Å²) < 4.78 is 23.8. The van der Waals surface area contributed by atoms with Crippen LogP contribution in [-0.2, 0) is 4.79 Å². The van der Waals surface area contributed by atoms with Gasteiger partial charge in [0.25, 0.3) is 0 Å². The minimum Gasteiger partial charge on any atom is -0.287 e. The Labute approximate surface area is 132 Å². The Morgan fingerprint density at radius 1 is 1.00 bits per heavy atom. The average molecular weight is 316 g/mol. The van der Waals surface area contributed by atoms with E-state index in [-0.39, 0.29) is 11.0 Å². The summed E-state index contributed by atoms with van der Waals surface area (Å²) in [5.74, 6) is -0.622. The van der Waals surface area contributed by atoms with Crippen molar-refractivity contribution in [2.24, 2.45) is 5.92 Å². The van der Waals surface area contributed by atoms with Crippen LogP contribution in [0.2, 0.25) is 0 Å². The summed E-state index contributed by atoms with van der Waals surface area (Å²) in [4.78, 5) is 11.0. The van der Waals surface area contributed by atoms with Gasteiger partial charge in [0.15, 0.2) is 5.12 Å². The molecule has 0 bridgehead atoms. The fourth-order valence-corrected chi connectivity index (χ4v) is 2.24. The molecule has 0 radical (unpaired) electrons. The lowest BCUT2D eigenvalue weighted by atomic mass is 9.99. The van der Waals surface area contributed by atoms with Gasteiger partial charge in [0.1, 0.15) is 11.6 Å². The molecule has 1 nitrogen and oxygen atoms in total. The maximum absolute atomic E-state index is 11.9. The van der Waals surface area contributed by atoms with E-state index < -0.39 is 11.6 Å². The Kier molecular flexibility index (Phi) is 12.3. The molecule has 1 aromatic rings. The van der Waals surface area contributed by atoms with E-state index in [4.69, 9.17) is 0 Å². The first kappa shape index (κ1) is 20.1. The number of halogens is 2. The third-order valence-corrected chi connectivity index (χ3v) is 3.67. The summed E-state index contributed by atoms with van der Waals surface area (Å²) in [5, 5.41) is 0.0676. The van der Waals surface area contributed by atoms with Crippen LogP contribution in [0, 0.1) is 17.6 Å². The number of thiol groups is 1. The lowest BCUT2D eigenvalue weighted by Crippen LogP contribution is -2.07. The molecule has 0 saturated carbocycles. The largest absolute Gasteiger partial charge is 0.287 e. The predicted molar refractivity (Wildman–Crippen MR) is 87.5 cm³/mol. The molecule has 1 rings (SSSR count). The Hall–Kier alpha value is -0.900. The fraction of sp³-hybridized carbons (Fsp3) is 0.588. The van der Waals surface area contributed by atoms with Gasteiger partial charge in [0.2, 0.25) is 0 Å².